The number of ether oxygens (including phenoxy) is 4. The van der Waals surface area contributed by atoms with E-state index in [1.165, 1.54) is 38.9 Å². The predicted molar refractivity (Wildman–Crippen MR) is 280 cm³/mol. The maximum absolute atomic E-state index is 6.78. The number of fused-ring (bicyclic) bond motifs is 1. The van der Waals surface area contributed by atoms with E-state index in [0.29, 0.717) is 0 Å². The van der Waals surface area contributed by atoms with Crippen LogP contribution in [0.3, 0.4) is 0 Å². The minimum absolute atomic E-state index is 0.0111. The summed E-state index contributed by atoms with van der Waals surface area (Å²) in [6.07, 6.45) is 7.75. The van der Waals surface area contributed by atoms with E-state index in [1.54, 1.807) is 0 Å². The number of benzene rings is 6. The maximum Gasteiger partial charge on any atom is 0.120 e. The lowest BCUT2D eigenvalue weighted by atomic mass is 9.69. The van der Waals surface area contributed by atoms with Gasteiger partial charge in [0, 0.05) is 37.0 Å². The Kier molecular flexibility index (Phi) is 14.9. The Morgan fingerprint density at radius 2 is 0.910 bits per heavy atom. The zero-order chi connectivity index (χ0) is 48.0. The lowest BCUT2D eigenvalue weighted by Crippen LogP contribution is -2.38. The average Bonchev–Trinajstić information content (AvgIpc) is 3.62. The summed E-state index contributed by atoms with van der Waals surface area (Å²) in [7, 11) is 0. The highest BCUT2D eigenvalue weighted by atomic mass is 16.5. The van der Waals surface area contributed by atoms with E-state index in [0.717, 1.165) is 54.7 Å². The third-order valence-corrected chi connectivity index (χ3v) is 13.3. The van der Waals surface area contributed by atoms with Crippen molar-refractivity contribution in [2.45, 2.75) is 147 Å². The first kappa shape index (κ1) is 49.2. The van der Waals surface area contributed by atoms with E-state index >= 15 is 0 Å². The summed E-state index contributed by atoms with van der Waals surface area (Å²) in [5, 5.41) is 0. The van der Waals surface area contributed by atoms with Gasteiger partial charge in [0.25, 0.3) is 0 Å². The molecule has 0 aliphatic heterocycles. The molecule has 350 valence electrons. The first-order valence-corrected chi connectivity index (χ1v) is 24.3. The molecule has 0 amide bonds. The van der Waals surface area contributed by atoms with Crippen LogP contribution in [-0.4, -0.2) is 34.6 Å². The van der Waals surface area contributed by atoms with Crippen molar-refractivity contribution < 1.29 is 18.9 Å². The van der Waals surface area contributed by atoms with Crippen molar-refractivity contribution in [3.63, 3.8) is 0 Å². The predicted octanol–water partition coefficient (Wildman–Crippen LogP) is 15.8. The molecule has 4 heteroatoms. The molecule has 1 aliphatic rings. The van der Waals surface area contributed by atoms with E-state index in [9.17, 15) is 0 Å². The molecule has 6 aromatic rings. The van der Waals surface area contributed by atoms with Crippen molar-refractivity contribution in [2.75, 3.05) is 0 Å². The Labute approximate surface area is 403 Å². The molecule has 0 heterocycles. The Balaban J connectivity index is 1.08. The van der Waals surface area contributed by atoms with Crippen molar-refractivity contribution >= 4 is 12.2 Å². The first-order valence-electron chi connectivity index (χ1n) is 24.3. The Morgan fingerprint density at radius 3 is 1.33 bits per heavy atom. The van der Waals surface area contributed by atoms with Crippen LogP contribution in [0.4, 0.5) is 0 Å². The van der Waals surface area contributed by atoms with Crippen LogP contribution >= 0.6 is 0 Å². The van der Waals surface area contributed by atoms with Crippen molar-refractivity contribution in [1.29, 1.82) is 0 Å². The summed E-state index contributed by atoms with van der Waals surface area (Å²) in [6.45, 7) is 29.4. The molecular formula is C63H74O4. The SMILES string of the molecule is C=Cc1ccc(CC(C)(C)OC(C)CC(C)(C)Oc2ccc(C3(c4ccc(OC(C)(C)CC(C)OC(C)(C)Cc5ccc(C=C)cc5)cc4)CC(c4ccccc4)c4ccccc43)cc2)cc1. The summed E-state index contributed by atoms with van der Waals surface area (Å²) >= 11 is 0. The Bertz CT molecular complexity index is 2410. The molecule has 0 aromatic heterocycles. The fourth-order valence-electron chi connectivity index (χ4n) is 10.9. The minimum atomic E-state index is -0.458. The second kappa shape index (κ2) is 20.3. The van der Waals surface area contributed by atoms with Crippen LogP contribution in [0.2, 0.25) is 0 Å². The third-order valence-electron chi connectivity index (χ3n) is 13.3. The maximum atomic E-state index is 6.78. The van der Waals surface area contributed by atoms with Crippen LogP contribution in [0.1, 0.15) is 144 Å². The monoisotopic (exact) mass is 895 g/mol. The van der Waals surface area contributed by atoms with Gasteiger partial charge in [-0.3, -0.25) is 0 Å². The molecule has 7 rings (SSSR count). The standard InChI is InChI=1S/C63H74O4/c1-13-47-24-28-49(29-25-47)42-61(9,10)64-45(3)40-59(5,6)66-54-36-32-52(33-37-54)63(44-57(51-20-16-15-17-21-51)56-22-18-19-23-58(56)63)53-34-38-55(39-35-53)67-60(7,8)41-46(4)65-62(11,12)43-50-30-26-48(14-2)27-31-50/h13-39,45-46,57H,1-2,40-44H2,3-12H3. The third kappa shape index (κ3) is 12.5. The second-order valence-corrected chi connectivity index (χ2v) is 21.5. The number of hydrogen-bond donors (Lipinski definition) is 0. The van der Waals surface area contributed by atoms with Gasteiger partial charge < -0.3 is 18.9 Å². The fraction of sp³-hybridized carbons (Fsp3) is 0.365. The molecule has 1 aliphatic carbocycles. The highest BCUT2D eigenvalue weighted by Crippen LogP contribution is 2.56. The van der Waals surface area contributed by atoms with E-state index in [1.807, 2.05) is 12.2 Å². The van der Waals surface area contributed by atoms with E-state index in [2.05, 4.69) is 234 Å². The molecule has 0 N–H and O–H groups in total. The molecule has 3 atom stereocenters. The second-order valence-electron chi connectivity index (χ2n) is 21.5. The summed E-state index contributed by atoms with van der Waals surface area (Å²) < 4.78 is 26.9. The fourth-order valence-corrected chi connectivity index (χ4v) is 10.9. The molecule has 3 unspecified atom stereocenters. The Morgan fingerprint density at radius 1 is 0.507 bits per heavy atom. The molecule has 0 radical (unpaired) electrons. The van der Waals surface area contributed by atoms with Crippen molar-refractivity contribution in [2.24, 2.45) is 0 Å². The number of rotatable bonds is 21. The molecule has 0 saturated carbocycles. The summed E-state index contributed by atoms with van der Waals surface area (Å²) in [4.78, 5) is 0. The normalized spacial score (nSPS) is 17.3. The van der Waals surface area contributed by atoms with Gasteiger partial charge in [0.1, 0.15) is 22.7 Å². The smallest absolute Gasteiger partial charge is 0.120 e. The lowest BCUT2D eigenvalue weighted by Gasteiger charge is -2.35. The Hall–Kier alpha value is -5.68. The molecule has 0 spiro atoms. The molecule has 0 bridgehead atoms. The summed E-state index contributed by atoms with van der Waals surface area (Å²) in [6, 6.07) is 54.8. The molecular weight excluding hydrogens is 821 g/mol. The topological polar surface area (TPSA) is 36.9 Å². The van der Waals surface area contributed by atoms with Crippen molar-refractivity contribution in [3.05, 3.63) is 215 Å². The van der Waals surface area contributed by atoms with Crippen LogP contribution in [0.15, 0.2) is 165 Å². The molecule has 6 aromatic carbocycles. The van der Waals surface area contributed by atoms with Crippen LogP contribution in [0, 0.1) is 0 Å². The molecule has 0 fully saturated rings. The van der Waals surface area contributed by atoms with Crippen LogP contribution in [0.5, 0.6) is 11.5 Å². The zero-order valence-electron chi connectivity index (χ0n) is 41.9. The van der Waals surface area contributed by atoms with Gasteiger partial charge in [-0.05, 0) is 150 Å². The van der Waals surface area contributed by atoms with E-state index in [4.69, 9.17) is 18.9 Å². The summed E-state index contributed by atoms with van der Waals surface area (Å²) in [5.74, 6) is 1.92. The van der Waals surface area contributed by atoms with Crippen LogP contribution in [0.25, 0.3) is 12.2 Å². The van der Waals surface area contributed by atoms with Gasteiger partial charge in [0.2, 0.25) is 0 Å². The van der Waals surface area contributed by atoms with Crippen molar-refractivity contribution in [3.8, 4) is 11.5 Å². The van der Waals surface area contributed by atoms with Crippen LogP contribution < -0.4 is 9.47 Å². The van der Waals surface area contributed by atoms with Gasteiger partial charge >= 0.3 is 0 Å². The van der Waals surface area contributed by atoms with Crippen molar-refractivity contribution in [1.82, 2.24) is 0 Å². The molecule has 67 heavy (non-hydrogen) atoms. The lowest BCUT2D eigenvalue weighted by molar-refractivity contribution is -0.0872. The molecule has 4 nitrogen and oxygen atoms in total. The van der Waals surface area contributed by atoms with Crippen LogP contribution in [-0.2, 0) is 27.7 Å². The van der Waals surface area contributed by atoms with E-state index < -0.39 is 16.6 Å². The number of hydrogen-bond acceptors (Lipinski definition) is 4. The summed E-state index contributed by atoms with van der Waals surface area (Å²) in [5.41, 5.74) is 9.27. The first-order chi connectivity index (χ1) is 31.8. The van der Waals surface area contributed by atoms with Gasteiger partial charge in [-0.25, -0.2) is 0 Å². The van der Waals surface area contributed by atoms with E-state index in [-0.39, 0.29) is 29.3 Å². The molecule has 0 saturated heterocycles. The van der Waals surface area contributed by atoms with Gasteiger partial charge in [-0.2, -0.15) is 0 Å². The highest BCUT2D eigenvalue weighted by molar-refractivity contribution is 5.61. The highest BCUT2D eigenvalue weighted by Gasteiger charge is 2.47. The average molecular weight is 895 g/mol. The quantitative estimate of drug-likeness (QED) is 0.0721. The van der Waals surface area contributed by atoms with Gasteiger partial charge in [-0.1, -0.05) is 153 Å². The zero-order valence-corrected chi connectivity index (χ0v) is 41.9. The van der Waals surface area contributed by atoms with Gasteiger partial charge in [0.05, 0.1) is 23.4 Å². The minimum Gasteiger partial charge on any atom is -0.488 e. The van der Waals surface area contributed by atoms with Gasteiger partial charge in [0.15, 0.2) is 0 Å². The largest absolute Gasteiger partial charge is 0.488 e. The van der Waals surface area contributed by atoms with Gasteiger partial charge in [-0.15, -0.1) is 0 Å².